The number of aromatic nitrogens is 3. The molecule has 9 nitrogen and oxygen atoms in total. The normalized spacial score (nSPS) is 22.0. The minimum Gasteiger partial charge on any atom is -0.463 e. The molecule has 9 heteroatoms. The predicted octanol–water partition coefficient (Wildman–Crippen LogP) is 0.815. The monoisotopic (exact) mass is 407 g/mol. The molecule has 2 atom stereocenters. The van der Waals surface area contributed by atoms with Crippen LogP contribution in [0.1, 0.15) is 25.7 Å². The predicted molar refractivity (Wildman–Crippen MR) is 114 cm³/mol. The van der Waals surface area contributed by atoms with Gasteiger partial charge in [0.25, 0.3) is 0 Å². The van der Waals surface area contributed by atoms with Crippen molar-refractivity contribution in [3.05, 3.63) is 0 Å². The van der Waals surface area contributed by atoms with Crippen LogP contribution < -0.4 is 14.4 Å². The molecule has 2 unspecified atom stereocenters. The Morgan fingerprint density at radius 2 is 1.31 bits per heavy atom. The second-order valence-corrected chi connectivity index (χ2v) is 8.67. The number of hydrogen-bond acceptors (Lipinski definition) is 9. The Morgan fingerprint density at radius 3 is 1.76 bits per heavy atom. The van der Waals surface area contributed by atoms with Crippen molar-refractivity contribution in [1.29, 1.82) is 0 Å². The van der Waals surface area contributed by atoms with Crippen LogP contribution >= 0.6 is 0 Å². The summed E-state index contributed by atoms with van der Waals surface area (Å²) in [4.78, 5) is 22.7. The van der Waals surface area contributed by atoms with Crippen molar-refractivity contribution in [1.82, 2.24) is 29.7 Å². The molecule has 1 aromatic rings. The lowest BCUT2D eigenvalue weighted by atomic mass is 10.2. The highest BCUT2D eigenvalue weighted by atomic mass is 16.5. The Hall–Kier alpha value is -1.71. The van der Waals surface area contributed by atoms with E-state index >= 15 is 0 Å². The second-order valence-electron chi connectivity index (χ2n) is 8.67. The minimum absolute atomic E-state index is 0.364. The Balaban J connectivity index is 1.66. The largest absolute Gasteiger partial charge is 0.463 e. The van der Waals surface area contributed by atoms with Crippen molar-refractivity contribution >= 4 is 5.95 Å². The highest BCUT2D eigenvalue weighted by Gasteiger charge is 2.38. The maximum atomic E-state index is 5.85. The lowest BCUT2D eigenvalue weighted by molar-refractivity contribution is 0.209. The third-order valence-corrected chi connectivity index (χ3v) is 5.67. The van der Waals surface area contributed by atoms with E-state index in [0.29, 0.717) is 43.3 Å². The summed E-state index contributed by atoms with van der Waals surface area (Å²) in [6.45, 7) is 4.97. The lowest BCUT2D eigenvalue weighted by Gasteiger charge is -2.38. The number of piperazine rings is 1. The van der Waals surface area contributed by atoms with E-state index in [1.165, 1.54) is 12.8 Å². The Morgan fingerprint density at radius 1 is 0.828 bits per heavy atom. The quantitative estimate of drug-likeness (QED) is 0.496. The first-order valence-electron chi connectivity index (χ1n) is 10.7. The molecular weight excluding hydrogens is 370 g/mol. The average molecular weight is 408 g/mol. The van der Waals surface area contributed by atoms with Gasteiger partial charge in [0.15, 0.2) is 0 Å². The van der Waals surface area contributed by atoms with Gasteiger partial charge in [0.2, 0.25) is 5.95 Å². The van der Waals surface area contributed by atoms with E-state index in [9.17, 15) is 0 Å². The molecule has 0 spiro atoms. The molecule has 0 N–H and O–H groups in total. The summed E-state index contributed by atoms with van der Waals surface area (Å²) in [7, 11) is 10.5. The van der Waals surface area contributed by atoms with Crippen LogP contribution in [-0.4, -0.2) is 116 Å². The second kappa shape index (κ2) is 10.4. The molecular formula is C20H37N7O2. The van der Waals surface area contributed by atoms with Crippen LogP contribution in [0.15, 0.2) is 0 Å². The van der Waals surface area contributed by atoms with E-state index < -0.39 is 0 Å². The van der Waals surface area contributed by atoms with Crippen LogP contribution in [0.5, 0.6) is 12.0 Å². The van der Waals surface area contributed by atoms with Gasteiger partial charge in [-0.25, -0.2) is 0 Å². The zero-order valence-corrected chi connectivity index (χ0v) is 18.7. The summed E-state index contributed by atoms with van der Waals surface area (Å²) in [5, 5.41) is 0. The van der Waals surface area contributed by atoms with Gasteiger partial charge in [0.1, 0.15) is 0 Å². The highest BCUT2D eigenvalue weighted by molar-refractivity contribution is 5.35. The first kappa shape index (κ1) is 22.0. The first-order chi connectivity index (χ1) is 13.9. The number of rotatable bonds is 11. The first-order valence-corrected chi connectivity index (χ1v) is 10.7. The van der Waals surface area contributed by atoms with Crippen LogP contribution in [0.25, 0.3) is 0 Å². The topological polar surface area (TPSA) is 70.1 Å². The zero-order valence-electron chi connectivity index (χ0n) is 18.7. The fourth-order valence-corrected chi connectivity index (χ4v) is 3.96. The van der Waals surface area contributed by atoms with Crippen molar-refractivity contribution < 1.29 is 9.47 Å². The molecule has 2 fully saturated rings. The van der Waals surface area contributed by atoms with Gasteiger partial charge in [0.05, 0.1) is 13.2 Å². The fourth-order valence-electron chi connectivity index (χ4n) is 3.96. The van der Waals surface area contributed by atoms with Gasteiger partial charge in [0, 0.05) is 38.3 Å². The molecule has 2 bridgehead atoms. The standard InChI is InChI=1S/C20H37N7O2/c1-24(2)10-6-12-28-19-21-18(22-20(23-19)29-13-7-11-25(3)4)27-14-16-8-9-17(15-27)26(16)5/h16-17H,6-15H2,1-5H3. The number of hydrogen-bond donors (Lipinski definition) is 0. The fraction of sp³-hybridized carbons (Fsp3) is 0.850. The van der Waals surface area contributed by atoms with Gasteiger partial charge in [-0.3, -0.25) is 4.90 Å². The smallest absolute Gasteiger partial charge is 0.324 e. The van der Waals surface area contributed by atoms with E-state index in [1.807, 2.05) is 0 Å². The molecule has 2 aliphatic rings. The maximum absolute atomic E-state index is 5.85. The third kappa shape index (κ3) is 6.38. The third-order valence-electron chi connectivity index (χ3n) is 5.67. The van der Waals surface area contributed by atoms with Gasteiger partial charge in [-0.15, -0.1) is 4.98 Å². The van der Waals surface area contributed by atoms with Gasteiger partial charge in [-0.05, 0) is 60.9 Å². The summed E-state index contributed by atoms with van der Waals surface area (Å²) in [6.07, 6.45) is 4.33. The molecule has 0 aromatic carbocycles. The van der Waals surface area contributed by atoms with Gasteiger partial charge in [-0.1, -0.05) is 0 Å². The molecule has 29 heavy (non-hydrogen) atoms. The lowest BCUT2D eigenvalue weighted by Crippen LogP contribution is -2.52. The molecule has 1 aromatic heterocycles. The molecule has 2 aliphatic heterocycles. The molecule has 0 saturated carbocycles. The van der Waals surface area contributed by atoms with Crippen molar-refractivity contribution in [3.63, 3.8) is 0 Å². The molecule has 3 heterocycles. The summed E-state index contributed by atoms with van der Waals surface area (Å²) >= 11 is 0. The number of anilines is 1. The van der Waals surface area contributed by atoms with Crippen molar-refractivity contribution in [2.24, 2.45) is 0 Å². The maximum Gasteiger partial charge on any atom is 0.324 e. The van der Waals surface area contributed by atoms with Crippen LogP contribution in [0.4, 0.5) is 5.95 Å². The van der Waals surface area contributed by atoms with E-state index in [2.05, 4.69) is 69.8 Å². The summed E-state index contributed by atoms with van der Waals surface area (Å²) < 4.78 is 11.7. The van der Waals surface area contributed by atoms with Gasteiger partial charge < -0.3 is 24.2 Å². The van der Waals surface area contributed by atoms with Crippen LogP contribution in [0, 0.1) is 0 Å². The van der Waals surface area contributed by atoms with E-state index in [0.717, 1.165) is 39.0 Å². The van der Waals surface area contributed by atoms with Gasteiger partial charge >= 0.3 is 12.0 Å². The summed E-state index contributed by atoms with van der Waals surface area (Å²) in [6, 6.07) is 1.86. The summed E-state index contributed by atoms with van der Waals surface area (Å²) in [5.41, 5.74) is 0. The van der Waals surface area contributed by atoms with Crippen molar-refractivity contribution in [2.75, 3.05) is 79.5 Å². The molecule has 3 rings (SSSR count). The van der Waals surface area contributed by atoms with Crippen molar-refractivity contribution in [3.8, 4) is 12.0 Å². The van der Waals surface area contributed by atoms with E-state index in [1.54, 1.807) is 0 Å². The van der Waals surface area contributed by atoms with Crippen LogP contribution in [-0.2, 0) is 0 Å². The molecule has 164 valence electrons. The van der Waals surface area contributed by atoms with E-state index in [-0.39, 0.29) is 0 Å². The molecule has 0 amide bonds. The number of fused-ring (bicyclic) bond motifs is 2. The zero-order chi connectivity index (χ0) is 20.8. The highest BCUT2D eigenvalue weighted by Crippen LogP contribution is 2.30. The SMILES string of the molecule is CN(C)CCCOc1nc(OCCCN(C)C)nc(N2CC3CCC(C2)N3C)n1. The molecule has 0 aliphatic carbocycles. The Bertz CT molecular complexity index is 595. The van der Waals surface area contributed by atoms with Crippen molar-refractivity contribution in [2.45, 2.75) is 37.8 Å². The van der Waals surface area contributed by atoms with Gasteiger partial charge in [-0.2, -0.15) is 9.97 Å². The number of nitrogens with zero attached hydrogens (tertiary/aromatic N) is 7. The van der Waals surface area contributed by atoms with Crippen LogP contribution in [0.2, 0.25) is 0 Å². The molecule has 2 saturated heterocycles. The number of likely N-dealkylation sites (N-methyl/N-ethyl adjacent to an activating group) is 1. The van der Waals surface area contributed by atoms with Crippen LogP contribution in [0.3, 0.4) is 0 Å². The summed E-state index contributed by atoms with van der Waals surface area (Å²) in [5.74, 6) is 0.676. The Labute approximate surface area is 175 Å². The Kier molecular flexibility index (Phi) is 7.85. The number of ether oxygens (including phenoxy) is 2. The minimum atomic E-state index is 0.364. The van der Waals surface area contributed by atoms with E-state index in [4.69, 9.17) is 9.47 Å². The molecule has 0 radical (unpaired) electrons. The average Bonchev–Trinajstić information content (AvgIpc) is 2.89.